The zero-order valence-corrected chi connectivity index (χ0v) is 20.0. The van der Waals surface area contributed by atoms with Crippen LogP contribution < -0.4 is 14.2 Å². The average Bonchev–Trinajstić information content (AvgIpc) is 2.79. The summed E-state index contributed by atoms with van der Waals surface area (Å²) in [5, 5.41) is 9.73. The number of piperazine rings is 1. The Labute approximate surface area is 187 Å². The van der Waals surface area contributed by atoms with Crippen LogP contribution in [-0.4, -0.2) is 98.6 Å². The standard InChI is InChI=1S/C24H41N3O4/c1-18(2)26-11-8-20(9-12-26)27-14-13-25(17-21(27)10-15-28)16-19-6-7-22(29-3)24(31-5)23(19)30-4/h6-7,18,20-21,28H,8-17H2,1-5H3/t21-/m1/s1. The van der Waals surface area contributed by atoms with Crippen molar-refractivity contribution in [2.75, 3.05) is 60.7 Å². The smallest absolute Gasteiger partial charge is 0.203 e. The van der Waals surface area contributed by atoms with Crippen molar-refractivity contribution in [1.29, 1.82) is 0 Å². The van der Waals surface area contributed by atoms with E-state index in [1.807, 2.05) is 6.07 Å². The van der Waals surface area contributed by atoms with Crippen molar-refractivity contribution < 1.29 is 19.3 Å². The first kappa shape index (κ1) is 24.1. The zero-order valence-electron chi connectivity index (χ0n) is 20.0. The first-order valence-corrected chi connectivity index (χ1v) is 11.6. The van der Waals surface area contributed by atoms with Crippen LogP contribution in [0.2, 0.25) is 0 Å². The van der Waals surface area contributed by atoms with Gasteiger partial charge in [-0.05, 0) is 52.3 Å². The van der Waals surface area contributed by atoms with E-state index in [9.17, 15) is 5.11 Å². The van der Waals surface area contributed by atoms with Gasteiger partial charge in [-0.2, -0.15) is 0 Å². The van der Waals surface area contributed by atoms with Gasteiger partial charge in [-0.25, -0.2) is 0 Å². The maximum absolute atomic E-state index is 9.73. The van der Waals surface area contributed by atoms with E-state index in [1.165, 1.54) is 25.9 Å². The molecule has 0 amide bonds. The molecule has 1 aromatic carbocycles. The van der Waals surface area contributed by atoms with Crippen LogP contribution in [0.3, 0.4) is 0 Å². The lowest BCUT2D eigenvalue weighted by atomic mass is 9.97. The minimum Gasteiger partial charge on any atom is -0.493 e. The molecule has 2 aliphatic rings. The van der Waals surface area contributed by atoms with Crippen molar-refractivity contribution >= 4 is 0 Å². The molecule has 0 spiro atoms. The van der Waals surface area contributed by atoms with Crippen LogP contribution in [0.1, 0.15) is 38.7 Å². The number of rotatable bonds is 9. The summed E-state index contributed by atoms with van der Waals surface area (Å²) in [7, 11) is 4.96. The van der Waals surface area contributed by atoms with Gasteiger partial charge in [-0.15, -0.1) is 0 Å². The third-order valence-corrected chi connectivity index (χ3v) is 6.95. The normalized spacial score (nSPS) is 22.1. The van der Waals surface area contributed by atoms with Gasteiger partial charge in [0, 0.05) is 56.5 Å². The van der Waals surface area contributed by atoms with Crippen molar-refractivity contribution in [1.82, 2.24) is 14.7 Å². The molecule has 0 unspecified atom stereocenters. The van der Waals surface area contributed by atoms with Crippen molar-refractivity contribution in [3.05, 3.63) is 17.7 Å². The van der Waals surface area contributed by atoms with Gasteiger partial charge in [0.25, 0.3) is 0 Å². The summed E-state index contributed by atoms with van der Waals surface area (Å²) in [4.78, 5) is 7.73. The van der Waals surface area contributed by atoms with E-state index in [4.69, 9.17) is 14.2 Å². The Balaban J connectivity index is 1.67. The van der Waals surface area contributed by atoms with Crippen LogP contribution in [-0.2, 0) is 6.54 Å². The molecule has 0 aromatic heterocycles. The quantitative estimate of drug-likeness (QED) is 0.639. The van der Waals surface area contributed by atoms with E-state index in [2.05, 4.69) is 34.6 Å². The maximum Gasteiger partial charge on any atom is 0.203 e. The molecule has 0 aliphatic carbocycles. The second-order valence-electron chi connectivity index (χ2n) is 8.99. The van der Waals surface area contributed by atoms with E-state index >= 15 is 0 Å². The van der Waals surface area contributed by atoms with Crippen LogP contribution in [0.4, 0.5) is 0 Å². The number of hydrogen-bond acceptors (Lipinski definition) is 7. The van der Waals surface area contributed by atoms with Gasteiger partial charge in [-0.1, -0.05) is 6.07 Å². The highest BCUT2D eigenvalue weighted by Gasteiger charge is 2.34. The molecule has 1 atom stereocenters. The highest BCUT2D eigenvalue weighted by atomic mass is 16.5. The van der Waals surface area contributed by atoms with Crippen LogP contribution in [0.15, 0.2) is 12.1 Å². The summed E-state index contributed by atoms with van der Waals surface area (Å²) in [5.41, 5.74) is 1.10. The molecule has 176 valence electrons. The van der Waals surface area contributed by atoms with E-state index in [-0.39, 0.29) is 6.61 Å². The van der Waals surface area contributed by atoms with Crippen molar-refractivity contribution in [2.24, 2.45) is 0 Å². The van der Waals surface area contributed by atoms with E-state index < -0.39 is 0 Å². The van der Waals surface area contributed by atoms with Crippen molar-refractivity contribution in [2.45, 2.75) is 57.8 Å². The Kier molecular flexibility index (Phi) is 8.84. The third kappa shape index (κ3) is 5.64. The van der Waals surface area contributed by atoms with Crippen molar-refractivity contribution in [3.63, 3.8) is 0 Å². The van der Waals surface area contributed by atoms with Gasteiger partial charge in [0.1, 0.15) is 0 Å². The number of nitrogens with zero attached hydrogens (tertiary/aromatic N) is 3. The van der Waals surface area contributed by atoms with Crippen molar-refractivity contribution in [3.8, 4) is 17.2 Å². The number of piperidine rings is 1. The van der Waals surface area contributed by atoms with Crippen LogP contribution in [0.25, 0.3) is 0 Å². The van der Waals surface area contributed by atoms with Gasteiger partial charge < -0.3 is 24.2 Å². The molecular formula is C24H41N3O4. The van der Waals surface area contributed by atoms with E-state index in [0.717, 1.165) is 43.9 Å². The summed E-state index contributed by atoms with van der Waals surface area (Å²) < 4.78 is 16.7. The molecule has 0 saturated carbocycles. The number of methoxy groups -OCH3 is 3. The Morgan fingerprint density at radius 2 is 1.68 bits per heavy atom. The molecule has 2 aliphatic heterocycles. The van der Waals surface area contributed by atoms with Gasteiger partial charge in [0.15, 0.2) is 11.5 Å². The summed E-state index contributed by atoms with van der Waals surface area (Å²) in [6, 6.07) is 5.66. The molecule has 3 rings (SSSR count). The molecule has 0 bridgehead atoms. The van der Waals surface area contributed by atoms with Crippen LogP contribution in [0.5, 0.6) is 17.2 Å². The number of benzene rings is 1. The lowest BCUT2D eigenvalue weighted by Gasteiger charge is -2.48. The molecule has 2 saturated heterocycles. The number of hydrogen-bond donors (Lipinski definition) is 1. The molecule has 2 fully saturated rings. The van der Waals surface area contributed by atoms with Gasteiger partial charge >= 0.3 is 0 Å². The molecule has 1 N–H and O–H groups in total. The predicted molar refractivity (Wildman–Crippen MR) is 123 cm³/mol. The highest BCUT2D eigenvalue weighted by molar-refractivity contribution is 5.55. The second-order valence-corrected chi connectivity index (χ2v) is 8.99. The Morgan fingerprint density at radius 1 is 0.968 bits per heavy atom. The molecule has 31 heavy (non-hydrogen) atoms. The predicted octanol–water partition coefficient (Wildman–Crippen LogP) is 2.45. The minimum absolute atomic E-state index is 0.236. The van der Waals surface area contributed by atoms with Crippen LogP contribution >= 0.6 is 0 Å². The molecule has 0 radical (unpaired) electrons. The Morgan fingerprint density at radius 3 is 2.26 bits per heavy atom. The van der Waals surface area contributed by atoms with Gasteiger partial charge in [0.05, 0.1) is 21.3 Å². The molecule has 1 aromatic rings. The SMILES string of the molecule is COc1ccc(CN2CCN(C3CCN(C(C)C)CC3)[C@H](CCO)C2)c(OC)c1OC. The van der Waals surface area contributed by atoms with Gasteiger partial charge in [0.2, 0.25) is 5.75 Å². The number of likely N-dealkylation sites (tertiary alicyclic amines) is 1. The van der Waals surface area contributed by atoms with Gasteiger partial charge in [-0.3, -0.25) is 9.80 Å². The maximum atomic E-state index is 9.73. The molecule has 7 nitrogen and oxygen atoms in total. The first-order chi connectivity index (χ1) is 15.0. The van der Waals surface area contributed by atoms with E-state index in [0.29, 0.717) is 29.6 Å². The second kappa shape index (κ2) is 11.4. The number of aliphatic hydroxyl groups excluding tert-OH is 1. The fourth-order valence-electron chi connectivity index (χ4n) is 5.23. The Bertz CT molecular complexity index is 692. The third-order valence-electron chi connectivity index (χ3n) is 6.95. The van der Waals surface area contributed by atoms with Crippen LogP contribution in [0, 0.1) is 0 Å². The monoisotopic (exact) mass is 435 g/mol. The highest BCUT2D eigenvalue weighted by Crippen LogP contribution is 2.40. The lowest BCUT2D eigenvalue weighted by Crippen LogP contribution is -2.58. The molecule has 2 heterocycles. The number of aliphatic hydroxyl groups is 1. The summed E-state index contributed by atoms with van der Waals surface area (Å²) in [5.74, 6) is 2.06. The summed E-state index contributed by atoms with van der Waals surface area (Å²) in [6.07, 6.45) is 3.27. The molecular weight excluding hydrogens is 394 g/mol. The Hall–Kier alpha value is -1.54. The van der Waals surface area contributed by atoms with E-state index in [1.54, 1.807) is 21.3 Å². The number of ether oxygens (including phenoxy) is 3. The zero-order chi connectivity index (χ0) is 22.4. The topological polar surface area (TPSA) is 57.6 Å². The summed E-state index contributed by atoms with van der Waals surface area (Å²) >= 11 is 0. The fourth-order valence-corrected chi connectivity index (χ4v) is 5.23. The summed E-state index contributed by atoms with van der Waals surface area (Å²) in [6.45, 7) is 11.0. The first-order valence-electron chi connectivity index (χ1n) is 11.6. The molecule has 7 heteroatoms. The minimum atomic E-state index is 0.236. The fraction of sp³-hybridized carbons (Fsp3) is 0.750. The largest absolute Gasteiger partial charge is 0.493 e. The lowest BCUT2D eigenvalue weighted by molar-refractivity contribution is -0.000216. The average molecular weight is 436 g/mol.